The lowest BCUT2D eigenvalue weighted by molar-refractivity contribution is -0.104. The van der Waals surface area contributed by atoms with Gasteiger partial charge in [-0.3, -0.25) is 0 Å². The van der Waals surface area contributed by atoms with Crippen molar-refractivity contribution in [3.8, 4) is 0 Å². The Balaban J connectivity index is 2.10. The average molecular weight is 257 g/mol. The van der Waals surface area contributed by atoms with Gasteiger partial charge < -0.3 is 10.5 Å². The molecule has 0 saturated carbocycles. The smallest absolute Gasteiger partial charge is 0.298 e. The quantitative estimate of drug-likeness (QED) is 0.637. The minimum atomic E-state index is -3.80. The van der Waals surface area contributed by atoms with Crippen LogP contribution in [-0.4, -0.2) is 27.4 Å². The molecule has 0 spiro atoms. The first-order valence-corrected chi connectivity index (χ1v) is 6.77. The largest absolute Gasteiger partial charge is 0.374 e. The lowest BCUT2D eigenvalue weighted by Gasteiger charge is -2.30. The van der Waals surface area contributed by atoms with Crippen molar-refractivity contribution in [1.29, 1.82) is 0 Å². The second-order valence-electron chi connectivity index (χ2n) is 4.03. The van der Waals surface area contributed by atoms with Gasteiger partial charge in [0.05, 0.1) is 4.90 Å². The zero-order chi connectivity index (χ0) is 12.5. The molecule has 1 aromatic carbocycles. The molecule has 5 nitrogen and oxygen atoms in total. The molecule has 0 amide bonds. The maximum atomic E-state index is 11.8. The third-order valence-electron chi connectivity index (χ3n) is 2.65. The standard InChI is InChI=1S/C11H15NO4S/c1-8-2-4-9(5-3-8)17(13,14)16-11(12)10-6-7-15-10/h2-5,10-11H,6-7,12H2,1H3/t10?,11-/m0/s1. The van der Waals surface area contributed by atoms with Gasteiger partial charge in [-0.25, -0.2) is 4.18 Å². The Hall–Kier alpha value is -0.950. The van der Waals surface area contributed by atoms with E-state index < -0.39 is 16.3 Å². The van der Waals surface area contributed by atoms with Crippen LogP contribution in [0.5, 0.6) is 0 Å². The first-order valence-electron chi connectivity index (χ1n) is 5.36. The van der Waals surface area contributed by atoms with Gasteiger partial charge in [0, 0.05) is 13.0 Å². The summed E-state index contributed by atoms with van der Waals surface area (Å²) in [6.07, 6.45) is -0.532. The van der Waals surface area contributed by atoms with E-state index in [2.05, 4.69) is 0 Å². The highest BCUT2D eigenvalue weighted by molar-refractivity contribution is 7.86. The summed E-state index contributed by atoms with van der Waals surface area (Å²) >= 11 is 0. The van der Waals surface area contributed by atoms with Crippen LogP contribution in [0.2, 0.25) is 0 Å². The molecular formula is C11H15NO4S. The van der Waals surface area contributed by atoms with Crippen LogP contribution < -0.4 is 5.73 Å². The van der Waals surface area contributed by atoms with Crippen LogP contribution >= 0.6 is 0 Å². The highest BCUT2D eigenvalue weighted by Crippen LogP contribution is 2.20. The number of ether oxygens (including phenoxy) is 1. The van der Waals surface area contributed by atoms with E-state index in [1.807, 2.05) is 6.92 Å². The van der Waals surface area contributed by atoms with Gasteiger partial charge in [0.25, 0.3) is 10.1 Å². The number of benzene rings is 1. The van der Waals surface area contributed by atoms with Crippen molar-refractivity contribution in [2.75, 3.05) is 6.61 Å². The van der Waals surface area contributed by atoms with E-state index in [1.54, 1.807) is 12.1 Å². The van der Waals surface area contributed by atoms with E-state index in [0.717, 1.165) is 12.0 Å². The number of rotatable bonds is 4. The van der Waals surface area contributed by atoms with Crippen LogP contribution in [0.1, 0.15) is 12.0 Å². The second-order valence-corrected chi connectivity index (χ2v) is 5.60. The zero-order valence-corrected chi connectivity index (χ0v) is 10.3. The Morgan fingerprint density at radius 2 is 2.00 bits per heavy atom. The van der Waals surface area contributed by atoms with E-state index in [0.29, 0.717) is 6.61 Å². The molecule has 1 aliphatic heterocycles. The maximum absolute atomic E-state index is 11.8. The third kappa shape index (κ3) is 2.84. The van der Waals surface area contributed by atoms with Crippen LogP contribution in [0.4, 0.5) is 0 Å². The van der Waals surface area contributed by atoms with Gasteiger partial charge in [0.2, 0.25) is 0 Å². The molecule has 2 N–H and O–H groups in total. The minimum absolute atomic E-state index is 0.109. The lowest BCUT2D eigenvalue weighted by Crippen LogP contribution is -2.46. The molecule has 1 aliphatic rings. The number of hydrogen-bond acceptors (Lipinski definition) is 5. The van der Waals surface area contributed by atoms with Crippen LogP contribution in [0, 0.1) is 6.92 Å². The van der Waals surface area contributed by atoms with E-state index in [4.69, 9.17) is 14.7 Å². The zero-order valence-electron chi connectivity index (χ0n) is 9.50. The maximum Gasteiger partial charge on any atom is 0.298 e. The van der Waals surface area contributed by atoms with Gasteiger partial charge in [-0.2, -0.15) is 8.42 Å². The summed E-state index contributed by atoms with van der Waals surface area (Å²) in [6, 6.07) is 6.42. The Morgan fingerprint density at radius 3 is 2.47 bits per heavy atom. The molecule has 1 saturated heterocycles. The van der Waals surface area contributed by atoms with Crippen molar-refractivity contribution in [3.05, 3.63) is 29.8 Å². The second kappa shape index (κ2) is 4.73. The van der Waals surface area contributed by atoms with Crippen LogP contribution in [0.25, 0.3) is 0 Å². The Bertz CT molecular complexity index is 479. The summed E-state index contributed by atoms with van der Waals surface area (Å²) in [6.45, 7) is 2.48. The molecule has 0 radical (unpaired) electrons. The predicted octanol–water partition coefficient (Wildman–Crippen LogP) is 0.774. The first kappa shape index (κ1) is 12.5. The summed E-state index contributed by atoms with van der Waals surface area (Å²) < 4.78 is 33.7. The van der Waals surface area contributed by atoms with Gasteiger partial charge in [-0.05, 0) is 19.1 Å². The van der Waals surface area contributed by atoms with Gasteiger partial charge in [0.1, 0.15) is 6.10 Å². The van der Waals surface area contributed by atoms with Crippen LogP contribution in [-0.2, 0) is 19.0 Å². The molecule has 94 valence electrons. The lowest BCUT2D eigenvalue weighted by atomic mass is 10.2. The Labute approximate surface area is 101 Å². The molecule has 2 rings (SSSR count). The molecule has 2 atom stereocenters. The Kier molecular flexibility index (Phi) is 3.48. The summed E-state index contributed by atoms with van der Waals surface area (Å²) in [4.78, 5) is 0.109. The summed E-state index contributed by atoms with van der Waals surface area (Å²) in [5.41, 5.74) is 6.59. The molecule has 1 unspecified atom stereocenters. The highest BCUT2D eigenvalue weighted by atomic mass is 32.2. The highest BCUT2D eigenvalue weighted by Gasteiger charge is 2.30. The summed E-state index contributed by atoms with van der Waals surface area (Å²) in [5, 5.41) is 0. The topological polar surface area (TPSA) is 78.6 Å². The third-order valence-corrected chi connectivity index (χ3v) is 3.97. The van der Waals surface area contributed by atoms with Gasteiger partial charge >= 0.3 is 0 Å². The predicted molar refractivity (Wildman–Crippen MR) is 61.8 cm³/mol. The van der Waals surface area contributed by atoms with E-state index >= 15 is 0 Å². The first-order chi connectivity index (χ1) is 7.99. The van der Waals surface area contributed by atoms with Crippen molar-refractivity contribution in [3.63, 3.8) is 0 Å². The van der Waals surface area contributed by atoms with E-state index in [1.165, 1.54) is 12.1 Å². The molecule has 17 heavy (non-hydrogen) atoms. The molecule has 1 heterocycles. The van der Waals surface area contributed by atoms with Crippen molar-refractivity contribution in [2.24, 2.45) is 5.73 Å². The van der Waals surface area contributed by atoms with Crippen molar-refractivity contribution in [2.45, 2.75) is 30.6 Å². The van der Waals surface area contributed by atoms with E-state index in [-0.39, 0.29) is 11.0 Å². The molecule has 0 aliphatic carbocycles. The fourth-order valence-corrected chi connectivity index (χ4v) is 2.48. The fraction of sp³-hybridized carbons (Fsp3) is 0.455. The van der Waals surface area contributed by atoms with Crippen molar-refractivity contribution < 1.29 is 17.3 Å². The monoisotopic (exact) mass is 257 g/mol. The number of nitrogens with two attached hydrogens (primary N) is 1. The normalized spacial score (nSPS) is 21.9. The Morgan fingerprint density at radius 1 is 1.41 bits per heavy atom. The van der Waals surface area contributed by atoms with Gasteiger partial charge in [-0.1, -0.05) is 17.7 Å². The van der Waals surface area contributed by atoms with Gasteiger partial charge in [0.15, 0.2) is 6.23 Å². The number of hydrogen-bond donors (Lipinski definition) is 1. The summed E-state index contributed by atoms with van der Waals surface area (Å²) in [5.74, 6) is 0. The SMILES string of the molecule is Cc1ccc(S(=O)(=O)O[C@H](N)C2CCO2)cc1. The van der Waals surface area contributed by atoms with Gasteiger partial charge in [-0.15, -0.1) is 0 Å². The molecule has 1 aromatic rings. The molecular weight excluding hydrogens is 242 g/mol. The average Bonchev–Trinajstić information content (AvgIpc) is 2.14. The molecule has 0 aromatic heterocycles. The van der Waals surface area contributed by atoms with E-state index in [9.17, 15) is 8.42 Å². The number of aryl methyl sites for hydroxylation is 1. The molecule has 1 fully saturated rings. The fourth-order valence-electron chi connectivity index (χ4n) is 1.48. The molecule has 6 heteroatoms. The summed E-state index contributed by atoms with van der Waals surface area (Å²) in [7, 11) is -3.80. The van der Waals surface area contributed by atoms with Crippen molar-refractivity contribution in [1.82, 2.24) is 0 Å². The van der Waals surface area contributed by atoms with Crippen molar-refractivity contribution >= 4 is 10.1 Å². The van der Waals surface area contributed by atoms with Crippen LogP contribution in [0.15, 0.2) is 29.2 Å². The van der Waals surface area contributed by atoms with Crippen LogP contribution in [0.3, 0.4) is 0 Å². The molecule has 0 bridgehead atoms. The minimum Gasteiger partial charge on any atom is -0.374 e.